The van der Waals surface area contributed by atoms with E-state index in [0.29, 0.717) is 23.1 Å². The maximum atomic E-state index is 10.9. The number of thiocarbonyl (C=S) groups is 1. The van der Waals surface area contributed by atoms with Gasteiger partial charge in [-0.25, -0.2) is 0 Å². The number of benzene rings is 2. The Hall–Kier alpha value is -2.98. The van der Waals surface area contributed by atoms with E-state index in [4.69, 9.17) is 17.0 Å². The summed E-state index contributed by atoms with van der Waals surface area (Å²) >= 11 is 8.94. The fourth-order valence-corrected chi connectivity index (χ4v) is 3.44. The third-order valence-electron chi connectivity index (χ3n) is 4.45. The summed E-state index contributed by atoms with van der Waals surface area (Å²) in [6.45, 7) is 4.61. The van der Waals surface area contributed by atoms with Gasteiger partial charge in [0, 0.05) is 11.8 Å². The molecule has 30 heavy (non-hydrogen) atoms. The summed E-state index contributed by atoms with van der Waals surface area (Å²) in [6, 6.07) is 12.1. The third kappa shape index (κ3) is 4.95. The molecule has 0 aliphatic heterocycles. The van der Waals surface area contributed by atoms with Gasteiger partial charge in [0.05, 0.1) is 46.2 Å². The van der Waals surface area contributed by atoms with E-state index < -0.39 is 4.92 Å². The molecule has 0 atom stereocenters. The highest BCUT2D eigenvalue weighted by atomic mass is 79.9. The van der Waals surface area contributed by atoms with Gasteiger partial charge >= 0.3 is 0 Å². The molecule has 2 N–H and O–H groups in total. The van der Waals surface area contributed by atoms with Gasteiger partial charge in [-0.1, -0.05) is 12.1 Å². The number of nitro benzene ring substituents is 1. The number of aryl methyl sites for hydroxylation is 1. The fourth-order valence-electron chi connectivity index (χ4n) is 2.93. The van der Waals surface area contributed by atoms with Crippen molar-refractivity contribution in [2.24, 2.45) is 0 Å². The highest BCUT2D eigenvalue weighted by Gasteiger charge is 2.13. The Morgan fingerprint density at radius 2 is 2.03 bits per heavy atom. The summed E-state index contributed by atoms with van der Waals surface area (Å²) in [4.78, 5) is 10.5. The number of hydrogen-bond acceptors (Lipinski definition) is 5. The lowest BCUT2D eigenvalue weighted by Crippen LogP contribution is -2.19. The minimum atomic E-state index is -0.476. The first-order valence-corrected chi connectivity index (χ1v) is 10.2. The average molecular weight is 490 g/mol. The number of anilines is 2. The van der Waals surface area contributed by atoms with Gasteiger partial charge < -0.3 is 15.4 Å². The van der Waals surface area contributed by atoms with Crippen molar-refractivity contribution in [3.05, 3.63) is 74.0 Å². The number of methoxy groups -OCH3 is 1. The molecule has 3 aromatic rings. The second kappa shape index (κ2) is 9.23. The van der Waals surface area contributed by atoms with E-state index in [9.17, 15) is 10.1 Å². The van der Waals surface area contributed by atoms with Gasteiger partial charge in [0.15, 0.2) is 5.11 Å². The number of halogens is 1. The second-order valence-electron chi connectivity index (χ2n) is 6.56. The standard InChI is InChI=1S/C20H20BrN5O3S/c1-12-19(21)13(2)25(24-12)11-14-5-4-6-15(9-14)22-20(30)23-17-8-7-16(26(27)28)10-18(17)29-3/h4-10H,11H2,1-3H3,(H2,22,23,30). The predicted molar refractivity (Wildman–Crippen MR) is 124 cm³/mol. The number of ether oxygens (including phenoxy) is 1. The van der Waals surface area contributed by atoms with Crippen LogP contribution >= 0.6 is 28.1 Å². The summed E-state index contributed by atoms with van der Waals surface area (Å²) in [7, 11) is 1.45. The maximum Gasteiger partial charge on any atom is 0.273 e. The van der Waals surface area contributed by atoms with Crippen molar-refractivity contribution in [1.82, 2.24) is 9.78 Å². The Labute approximate surface area is 187 Å². The van der Waals surface area contributed by atoms with Gasteiger partial charge in [-0.15, -0.1) is 0 Å². The van der Waals surface area contributed by atoms with Crippen LogP contribution in [0.25, 0.3) is 0 Å². The van der Waals surface area contributed by atoms with Crippen LogP contribution in [0.4, 0.5) is 17.1 Å². The predicted octanol–water partition coefficient (Wildman–Crippen LogP) is 5.04. The Morgan fingerprint density at radius 3 is 2.67 bits per heavy atom. The average Bonchev–Trinajstić information content (AvgIpc) is 2.95. The van der Waals surface area contributed by atoms with Crippen LogP contribution in [0.1, 0.15) is 17.0 Å². The molecule has 0 spiro atoms. The molecule has 0 amide bonds. The lowest BCUT2D eigenvalue weighted by atomic mass is 10.2. The smallest absolute Gasteiger partial charge is 0.273 e. The Kier molecular flexibility index (Phi) is 6.68. The van der Waals surface area contributed by atoms with Crippen molar-refractivity contribution in [3.63, 3.8) is 0 Å². The summed E-state index contributed by atoms with van der Waals surface area (Å²) in [5.74, 6) is 0.331. The molecule has 1 aromatic heterocycles. The number of non-ortho nitro benzene ring substituents is 1. The van der Waals surface area contributed by atoms with Crippen LogP contribution in [-0.4, -0.2) is 26.9 Å². The van der Waals surface area contributed by atoms with Gasteiger partial charge in [0.2, 0.25) is 0 Å². The second-order valence-corrected chi connectivity index (χ2v) is 7.76. The van der Waals surface area contributed by atoms with E-state index in [1.807, 2.05) is 42.8 Å². The van der Waals surface area contributed by atoms with Crippen LogP contribution in [0, 0.1) is 24.0 Å². The van der Waals surface area contributed by atoms with E-state index >= 15 is 0 Å². The number of rotatable bonds is 6. The lowest BCUT2D eigenvalue weighted by Gasteiger charge is -2.14. The van der Waals surface area contributed by atoms with Crippen LogP contribution in [0.2, 0.25) is 0 Å². The highest BCUT2D eigenvalue weighted by molar-refractivity contribution is 9.10. The molecule has 10 heteroatoms. The Balaban J connectivity index is 1.71. The van der Waals surface area contributed by atoms with Crippen LogP contribution < -0.4 is 15.4 Å². The number of nitrogens with one attached hydrogen (secondary N) is 2. The Bertz CT molecular complexity index is 1120. The number of aromatic nitrogens is 2. The number of hydrogen-bond donors (Lipinski definition) is 2. The molecule has 3 rings (SSSR count). The van der Waals surface area contributed by atoms with Gasteiger partial charge in [-0.3, -0.25) is 14.8 Å². The van der Waals surface area contributed by atoms with Gasteiger partial charge in [-0.2, -0.15) is 5.10 Å². The molecule has 156 valence electrons. The van der Waals surface area contributed by atoms with Crippen LogP contribution in [0.3, 0.4) is 0 Å². The summed E-state index contributed by atoms with van der Waals surface area (Å²) in [6.07, 6.45) is 0. The molecule has 0 bridgehead atoms. The molecule has 0 aliphatic carbocycles. The van der Waals surface area contributed by atoms with Crippen LogP contribution in [0.15, 0.2) is 46.9 Å². The monoisotopic (exact) mass is 489 g/mol. The quantitative estimate of drug-likeness (QED) is 0.284. The molecule has 0 saturated heterocycles. The topological polar surface area (TPSA) is 94.3 Å². The van der Waals surface area contributed by atoms with Crippen molar-refractivity contribution in [1.29, 1.82) is 0 Å². The molecule has 0 aliphatic rings. The van der Waals surface area contributed by atoms with E-state index in [2.05, 4.69) is 31.7 Å². The minimum absolute atomic E-state index is 0.0558. The zero-order chi connectivity index (χ0) is 21.8. The SMILES string of the molecule is COc1cc([N+](=O)[O-])ccc1NC(=S)Nc1cccc(Cn2nc(C)c(Br)c2C)c1. The fraction of sp³-hybridized carbons (Fsp3) is 0.200. The first-order valence-electron chi connectivity index (χ1n) is 8.97. The van der Waals surface area contributed by atoms with Crippen molar-refractivity contribution in [3.8, 4) is 5.75 Å². The highest BCUT2D eigenvalue weighted by Crippen LogP contribution is 2.29. The lowest BCUT2D eigenvalue weighted by molar-refractivity contribution is -0.384. The van der Waals surface area contributed by atoms with E-state index in [1.54, 1.807) is 6.07 Å². The zero-order valence-corrected chi connectivity index (χ0v) is 19.0. The molecule has 2 aromatic carbocycles. The molecule has 0 unspecified atom stereocenters. The molecule has 0 fully saturated rings. The zero-order valence-electron chi connectivity index (χ0n) is 16.6. The normalized spacial score (nSPS) is 10.5. The number of nitro groups is 1. The van der Waals surface area contributed by atoms with Crippen molar-refractivity contribution >= 4 is 50.3 Å². The van der Waals surface area contributed by atoms with E-state index in [0.717, 1.165) is 27.1 Å². The Morgan fingerprint density at radius 1 is 1.27 bits per heavy atom. The summed E-state index contributed by atoms with van der Waals surface area (Å²) < 4.78 is 8.18. The minimum Gasteiger partial charge on any atom is -0.494 e. The maximum absolute atomic E-state index is 10.9. The first-order chi connectivity index (χ1) is 14.3. The summed E-state index contributed by atoms with van der Waals surface area (Å²) in [5, 5.41) is 22.0. The van der Waals surface area contributed by atoms with Crippen molar-refractivity contribution < 1.29 is 9.66 Å². The van der Waals surface area contributed by atoms with E-state index in [1.165, 1.54) is 19.2 Å². The van der Waals surface area contributed by atoms with E-state index in [-0.39, 0.29) is 5.69 Å². The van der Waals surface area contributed by atoms with Crippen LogP contribution in [-0.2, 0) is 6.54 Å². The molecule has 1 heterocycles. The molecule has 0 saturated carbocycles. The van der Waals surface area contributed by atoms with Gasteiger partial charge in [-0.05, 0) is 65.8 Å². The van der Waals surface area contributed by atoms with Gasteiger partial charge in [0.25, 0.3) is 5.69 Å². The first kappa shape index (κ1) is 21.7. The molecular formula is C20H20BrN5O3S. The molecule has 8 nitrogen and oxygen atoms in total. The summed E-state index contributed by atoms with van der Waals surface area (Å²) in [5.41, 5.74) is 4.36. The molecular weight excluding hydrogens is 470 g/mol. The molecule has 0 radical (unpaired) electrons. The van der Waals surface area contributed by atoms with Crippen molar-refractivity contribution in [2.45, 2.75) is 20.4 Å². The largest absolute Gasteiger partial charge is 0.494 e. The van der Waals surface area contributed by atoms with Crippen molar-refractivity contribution in [2.75, 3.05) is 17.7 Å². The van der Waals surface area contributed by atoms with Gasteiger partial charge in [0.1, 0.15) is 5.75 Å². The third-order valence-corrected chi connectivity index (χ3v) is 5.81. The number of nitrogens with zero attached hydrogens (tertiary/aromatic N) is 3. The van der Waals surface area contributed by atoms with Crippen LogP contribution in [0.5, 0.6) is 5.75 Å².